The molecule has 1 aliphatic carbocycles. The molecule has 0 spiro atoms. The fraction of sp³-hybridized carbons (Fsp3) is 0.571. The molecule has 0 bridgehead atoms. The molecular formula is C14H19Cl2NO. The van der Waals surface area contributed by atoms with E-state index < -0.39 is 0 Å². The van der Waals surface area contributed by atoms with Crippen LogP contribution in [0.25, 0.3) is 0 Å². The van der Waals surface area contributed by atoms with E-state index in [0.29, 0.717) is 28.6 Å². The van der Waals surface area contributed by atoms with Crippen molar-refractivity contribution in [2.45, 2.75) is 38.3 Å². The molecule has 0 aromatic heterocycles. The lowest BCUT2D eigenvalue weighted by Crippen LogP contribution is -2.33. The first-order valence-electron chi connectivity index (χ1n) is 6.46. The normalized spacial score (nSPS) is 24.2. The molecule has 0 radical (unpaired) electrons. The molecule has 0 atom stereocenters. The van der Waals surface area contributed by atoms with Crippen molar-refractivity contribution in [3.63, 3.8) is 0 Å². The lowest BCUT2D eigenvalue weighted by atomic mass is 9.86. The summed E-state index contributed by atoms with van der Waals surface area (Å²) < 4.78 is 0. The molecule has 0 aliphatic heterocycles. The highest BCUT2D eigenvalue weighted by molar-refractivity contribution is 6.34. The summed E-state index contributed by atoms with van der Waals surface area (Å²) in [6, 6.07) is 6.18. The monoisotopic (exact) mass is 287 g/mol. The zero-order chi connectivity index (χ0) is 13.0. The number of halogens is 2. The number of nitrogens with one attached hydrogen (secondary N) is 1. The average molecular weight is 288 g/mol. The zero-order valence-electron chi connectivity index (χ0n) is 10.3. The van der Waals surface area contributed by atoms with E-state index in [1.165, 1.54) is 0 Å². The Morgan fingerprint density at radius 3 is 2.22 bits per heavy atom. The Morgan fingerprint density at radius 1 is 1.06 bits per heavy atom. The van der Waals surface area contributed by atoms with Gasteiger partial charge in [-0.2, -0.15) is 0 Å². The number of rotatable bonds is 4. The Hall–Kier alpha value is -0.280. The van der Waals surface area contributed by atoms with Gasteiger partial charge in [-0.05, 0) is 55.4 Å². The zero-order valence-corrected chi connectivity index (χ0v) is 11.8. The maximum atomic E-state index is 9.10. The molecular weight excluding hydrogens is 269 g/mol. The van der Waals surface area contributed by atoms with Crippen LogP contribution in [0.2, 0.25) is 10.0 Å². The minimum absolute atomic E-state index is 0.330. The molecule has 2 nitrogen and oxygen atoms in total. The highest BCUT2D eigenvalue weighted by Gasteiger charge is 2.19. The van der Waals surface area contributed by atoms with E-state index in [9.17, 15) is 0 Å². The number of aliphatic hydroxyl groups excluding tert-OH is 1. The van der Waals surface area contributed by atoms with Crippen LogP contribution in [0, 0.1) is 5.92 Å². The molecule has 0 amide bonds. The summed E-state index contributed by atoms with van der Waals surface area (Å²) in [5.74, 6) is 0.503. The van der Waals surface area contributed by atoms with Crippen LogP contribution in [-0.4, -0.2) is 17.8 Å². The SMILES string of the molecule is OCC1CCC(NCc2cc(Cl)cc(Cl)c2)CC1. The summed E-state index contributed by atoms with van der Waals surface area (Å²) >= 11 is 11.9. The average Bonchev–Trinajstić information content (AvgIpc) is 2.36. The molecule has 2 N–H and O–H groups in total. The fourth-order valence-electron chi connectivity index (χ4n) is 2.52. The second-order valence-corrected chi connectivity index (χ2v) is 5.93. The van der Waals surface area contributed by atoms with Crippen molar-refractivity contribution < 1.29 is 5.11 Å². The van der Waals surface area contributed by atoms with Crippen molar-refractivity contribution in [3.8, 4) is 0 Å². The predicted molar refractivity (Wildman–Crippen MR) is 76.1 cm³/mol. The number of benzene rings is 1. The number of aliphatic hydroxyl groups is 1. The third kappa shape index (κ3) is 4.13. The Balaban J connectivity index is 1.81. The van der Waals surface area contributed by atoms with E-state index in [2.05, 4.69) is 5.32 Å². The fourth-order valence-corrected chi connectivity index (χ4v) is 3.10. The third-order valence-corrected chi connectivity index (χ3v) is 4.06. The Morgan fingerprint density at radius 2 is 1.67 bits per heavy atom. The molecule has 4 heteroatoms. The van der Waals surface area contributed by atoms with Gasteiger partial charge in [-0.15, -0.1) is 0 Å². The maximum Gasteiger partial charge on any atom is 0.0459 e. The summed E-state index contributed by atoms with van der Waals surface area (Å²) in [6.07, 6.45) is 4.51. The van der Waals surface area contributed by atoms with Crippen molar-refractivity contribution in [3.05, 3.63) is 33.8 Å². The molecule has 1 aromatic rings. The smallest absolute Gasteiger partial charge is 0.0459 e. The van der Waals surface area contributed by atoms with E-state index in [1.54, 1.807) is 6.07 Å². The molecule has 0 saturated heterocycles. The minimum atomic E-state index is 0.330. The quantitative estimate of drug-likeness (QED) is 0.886. The van der Waals surface area contributed by atoms with Gasteiger partial charge in [0.15, 0.2) is 0 Å². The van der Waals surface area contributed by atoms with Gasteiger partial charge in [-0.25, -0.2) is 0 Å². The third-order valence-electron chi connectivity index (χ3n) is 3.62. The van der Waals surface area contributed by atoms with E-state index >= 15 is 0 Å². The van der Waals surface area contributed by atoms with Crippen LogP contribution >= 0.6 is 23.2 Å². The molecule has 0 unspecified atom stereocenters. The standard InChI is InChI=1S/C14H19Cl2NO/c15-12-5-11(6-13(16)7-12)8-17-14-3-1-10(9-18)2-4-14/h5-7,10,14,17-18H,1-4,8-9H2. The van der Waals surface area contributed by atoms with E-state index in [0.717, 1.165) is 37.8 Å². The molecule has 1 aromatic carbocycles. The summed E-state index contributed by atoms with van der Waals surface area (Å²) in [5.41, 5.74) is 1.12. The van der Waals surface area contributed by atoms with Crippen molar-refractivity contribution in [1.82, 2.24) is 5.32 Å². The second-order valence-electron chi connectivity index (χ2n) is 5.06. The molecule has 18 heavy (non-hydrogen) atoms. The molecule has 1 fully saturated rings. The highest BCUT2D eigenvalue weighted by Crippen LogP contribution is 2.24. The summed E-state index contributed by atoms with van der Waals surface area (Å²) in [7, 11) is 0. The van der Waals surface area contributed by atoms with Gasteiger partial charge in [0.1, 0.15) is 0 Å². The van der Waals surface area contributed by atoms with E-state index in [1.807, 2.05) is 12.1 Å². The van der Waals surface area contributed by atoms with Crippen molar-refractivity contribution in [2.75, 3.05) is 6.61 Å². The maximum absolute atomic E-state index is 9.10. The van der Waals surface area contributed by atoms with Crippen LogP contribution < -0.4 is 5.32 Å². The van der Waals surface area contributed by atoms with E-state index in [4.69, 9.17) is 28.3 Å². The minimum Gasteiger partial charge on any atom is -0.396 e. The van der Waals surface area contributed by atoms with Gasteiger partial charge in [-0.1, -0.05) is 23.2 Å². The number of hydrogen-bond donors (Lipinski definition) is 2. The van der Waals surface area contributed by atoms with Gasteiger partial charge in [-0.3, -0.25) is 0 Å². The Kier molecular flexibility index (Phi) is 5.31. The molecule has 100 valence electrons. The molecule has 1 aliphatic rings. The largest absolute Gasteiger partial charge is 0.396 e. The topological polar surface area (TPSA) is 32.3 Å². The van der Waals surface area contributed by atoms with Crippen molar-refractivity contribution >= 4 is 23.2 Å². The van der Waals surface area contributed by atoms with Gasteiger partial charge >= 0.3 is 0 Å². The molecule has 1 saturated carbocycles. The van der Waals surface area contributed by atoms with Crippen LogP contribution in [0.4, 0.5) is 0 Å². The first-order chi connectivity index (χ1) is 8.67. The second kappa shape index (κ2) is 6.76. The van der Waals surface area contributed by atoms with Crippen LogP contribution in [0.5, 0.6) is 0 Å². The molecule has 0 heterocycles. The molecule has 2 rings (SSSR count). The highest BCUT2D eigenvalue weighted by atomic mass is 35.5. The van der Waals surface area contributed by atoms with Gasteiger partial charge in [0, 0.05) is 29.2 Å². The van der Waals surface area contributed by atoms with Gasteiger partial charge in [0.2, 0.25) is 0 Å². The van der Waals surface area contributed by atoms with Crippen LogP contribution in [-0.2, 0) is 6.54 Å². The first kappa shape index (κ1) is 14.1. The Bertz CT molecular complexity index is 369. The van der Waals surface area contributed by atoms with Crippen LogP contribution in [0.15, 0.2) is 18.2 Å². The summed E-state index contributed by atoms with van der Waals surface area (Å²) in [5, 5.41) is 14.0. The van der Waals surface area contributed by atoms with Gasteiger partial charge in [0.05, 0.1) is 0 Å². The predicted octanol–water partition coefficient (Wildman–Crippen LogP) is 3.63. The first-order valence-corrected chi connectivity index (χ1v) is 7.22. The summed E-state index contributed by atoms with van der Waals surface area (Å²) in [6.45, 7) is 1.13. The van der Waals surface area contributed by atoms with E-state index in [-0.39, 0.29) is 0 Å². The Labute approximate surface area is 118 Å². The number of hydrogen-bond acceptors (Lipinski definition) is 2. The lowest BCUT2D eigenvalue weighted by molar-refractivity contribution is 0.175. The van der Waals surface area contributed by atoms with Crippen LogP contribution in [0.1, 0.15) is 31.2 Å². The van der Waals surface area contributed by atoms with Gasteiger partial charge < -0.3 is 10.4 Å². The van der Waals surface area contributed by atoms with Gasteiger partial charge in [0.25, 0.3) is 0 Å². The van der Waals surface area contributed by atoms with Crippen molar-refractivity contribution in [1.29, 1.82) is 0 Å². The summed E-state index contributed by atoms with van der Waals surface area (Å²) in [4.78, 5) is 0. The van der Waals surface area contributed by atoms with Crippen LogP contribution in [0.3, 0.4) is 0 Å². The lowest BCUT2D eigenvalue weighted by Gasteiger charge is -2.28. The van der Waals surface area contributed by atoms with Crippen molar-refractivity contribution in [2.24, 2.45) is 5.92 Å².